The van der Waals surface area contributed by atoms with Crippen molar-refractivity contribution in [2.45, 2.75) is 12.8 Å². The Balaban J connectivity index is 1.51. The van der Waals surface area contributed by atoms with Crippen LogP contribution in [0.4, 0.5) is 16.2 Å². The minimum Gasteiger partial charge on any atom is -0.492 e. The van der Waals surface area contributed by atoms with Gasteiger partial charge in [-0.2, -0.15) is 0 Å². The molecule has 32 heavy (non-hydrogen) atoms. The number of aryl methyl sites for hydroxylation is 1. The average Bonchev–Trinajstić information content (AvgIpc) is 3.40. The fourth-order valence-electron chi connectivity index (χ4n) is 3.85. The van der Waals surface area contributed by atoms with Crippen LogP contribution in [0.2, 0.25) is 5.02 Å². The number of urea groups is 1. The lowest BCUT2D eigenvalue weighted by Crippen LogP contribution is -2.25. The lowest BCUT2D eigenvalue weighted by molar-refractivity contribution is 0.238. The van der Waals surface area contributed by atoms with Crippen molar-refractivity contribution in [3.8, 4) is 17.0 Å². The van der Waals surface area contributed by atoms with Crippen molar-refractivity contribution < 1.29 is 9.53 Å². The molecule has 1 aromatic heterocycles. The van der Waals surface area contributed by atoms with Gasteiger partial charge in [-0.3, -0.25) is 4.90 Å². The van der Waals surface area contributed by atoms with Crippen LogP contribution in [0.5, 0.6) is 5.75 Å². The molecule has 1 fully saturated rings. The van der Waals surface area contributed by atoms with E-state index in [1.807, 2.05) is 42.1 Å². The van der Waals surface area contributed by atoms with Gasteiger partial charge in [-0.1, -0.05) is 11.6 Å². The van der Waals surface area contributed by atoms with E-state index in [2.05, 4.69) is 31.5 Å². The molecule has 0 spiro atoms. The van der Waals surface area contributed by atoms with E-state index in [-0.39, 0.29) is 6.03 Å². The molecule has 0 aliphatic carbocycles. The van der Waals surface area contributed by atoms with Crippen molar-refractivity contribution >= 4 is 44.9 Å². The molecule has 1 aliphatic heterocycles. The first-order valence-corrected chi connectivity index (χ1v) is 11.8. The van der Waals surface area contributed by atoms with Gasteiger partial charge in [-0.25, -0.2) is 4.79 Å². The van der Waals surface area contributed by atoms with Gasteiger partial charge in [-0.15, -0.1) is 0 Å². The molecule has 1 saturated heterocycles. The molecule has 2 amide bonds. The number of carbonyl (C=O) groups excluding carboxylic acids is 1. The standard InChI is InChI=1S/C24H26BrClN4O2/c1-29-13-10-21(25)23(29)20-16-19(28-24(31)27-18-6-4-17(26)5-7-18)8-9-22(20)32-15-14-30-11-2-3-12-30/h4-10,13,16H,2-3,11-12,14-15H2,1H3,(H2,27,28,31). The van der Waals surface area contributed by atoms with E-state index >= 15 is 0 Å². The van der Waals surface area contributed by atoms with Crippen LogP contribution in [0.15, 0.2) is 59.2 Å². The summed E-state index contributed by atoms with van der Waals surface area (Å²) in [5.41, 5.74) is 3.24. The fraction of sp³-hybridized carbons (Fsp3) is 0.292. The van der Waals surface area contributed by atoms with E-state index in [9.17, 15) is 4.79 Å². The smallest absolute Gasteiger partial charge is 0.323 e. The van der Waals surface area contributed by atoms with Crippen molar-refractivity contribution in [3.63, 3.8) is 0 Å². The average molecular weight is 518 g/mol. The molecule has 0 saturated carbocycles. The van der Waals surface area contributed by atoms with Crippen LogP contribution in [0.25, 0.3) is 11.3 Å². The summed E-state index contributed by atoms with van der Waals surface area (Å²) in [6.45, 7) is 3.83. The van der Waals surface area contributed by atoms with Gasteiger partial charge in [0, 0.05) is 46.2 Å². The summed E-state index contributed by atoms with van der Waals surface area (Å²) in [6.07, 6.45) is 4.51. The zero-order valence-electron chi connectivity index (χ0n) is 17.9. The number of anilines is 2. The van der Waals surface area contributed by atoms with Crippen LogP contribution in [-0.2, 0) is 7.05 Å². The van der Waals surface area contributed by atoms with E-state index in [1.165, 1.54) is 12.8 Å². The second kappa shape index (κ2) is 10.4. The predicted octanol–water partition coefficient (Wildman–Crippen LogP) is 6.23. The number of likely N-dealkylation sites (tertiary alicyclic amines) is 1. The van der Waals surface area contributed by atoms with Crippen molar-refractivity contribution in [2.24, 2.45) is 7.05 Å². The van der Waals surface area contributed by atoms with Gasteiger partial charge in [0.05, 0.1) is 5.69 Å². The van der Waals surface area contributed by atoms with Crippen molar-refractivity contribution in [3.05, 3.63) is 64.2 Å². The monoisotopic (exact) mass is 516 g/mol. The number of rotatable bonds is 7. The van der Waals surface area contributed by atoms with Crippen molar-refractivity contribution in [1.82, 2.24) is 9.47 Å². The summed E-state index contributed by atoms with van der Waals surface area (Å²) in [7, 11) is 1.99. The molecule has 2 N–H and O–H groups in total. The number of benzene rings is 2. The number of nitrogens with zero attached hydrogens (tertiary/aromatic N) is 2. The first kappa shape index (κ1) is 22.7. The number of aromatic nitrogens is 1. The van der Waals surface area contributed by atoms with Crippen LogP contribution >= 0.6 is 27.5 Å². The van der Waals surface area contributed by atoms with Crippen LogP contribution < -0.4 is 15.4 Å². The molecule has 0 radical (unpaired) electrons. The highest BCUT2D eigenvalue weighted by molar-refractivity contribution is 9.10. The minimum atomic E-state index is -0.327. The Morgan fingerprint density at radius 1 is 1.06 bits per heavy atom. The molecule has 0 bridgehead atoms. The molecular weight excluding hydrogens is 492 g/mol. The summed E-state index contributed by atoms with van der Waals surface area (Å²) in [4.78, 5) is 14.9. The van der Waals surface area contributed by atoms with Gasteiger partial charge in [-0.05, 0) is 90.4 Å². The van der Waals surface area contributed by atoms with E-state index < -0.39 is 0 Å². The number of amides is 2. The molecule has 168 valence electrons. The molecule has 6 nitrogen and oxygen atoms in total. The number of hydrogen-bond acceptors (Lipinski definition) is 3. The first-order valence-electron chi connectivity index (χ1n) is 10.6. The van der Waals surface area contributed by atoms with Gasteiger partial charge in [0.1, 0.15) is 12.4 Å². The van der Waals surface area contributed by atoms with E-state index in [1.54, 1.807) is 24.3 Å². The van der Waals surface area contributed by atoms with Crippen molar-refractivity contribution in [1.29, 1.82) is 0 Å². The number of halogens is 2. The van der Waals surface area contributed by atoms with E-state index in [4.69, 9.17) is 16.3 Å². The maximum Gasteiger partial charge on any atom is 0.323 e. The van der Waals surface area contributed by atoms with E-state index in [0.29, 0.717) is 23.0 Å². The topological polar surface area (TPSA) is 58.5 Å². The largest absolute Gasteiger partial charge is 0.492 e. The Labute approximate surface area is 201 Å². The Hall–Kier alpha value is -2.48. The summed E-state index contributed by atoms with van der Waals surface area (Å²) in [5, 5.41) is 6.34. The minimum absolute atomic E-state index is 0.327. The Morgan fingerprint density at radius 2 is 1.75 bits per heavy atom. The van der Waals surface area contributed by atoms with Gasteiger partial charge < -0.3 is 19.9 Å². The van der Waals surface area contributed by atoms with Crippen LogP contribution in [-0.4, -0.2) is 41.7 Å². The SMILES string of the molecule is Cn1ccc(Br)c1-c1cc(NC(=O)Nc2ccc(Cl)cc2)ccc1OCCN1CCCC1. The molecule has 8 heteroatoms. The lowest BCUT2D eigenvalue weighted by Gasteiger charge is -2.18. The summed E-state index contributed by atoms with van der Waals surface area (Å²) in [5.74, 6) is 0.787. The maximum atomic E-state index is 12.5. The Kier molecular flexibility index (Phi) is 7.40. The highest BCUT2D eigenvalue weighted by Gasteiger charge is 2.16. The van der Waals surface area contributed by atoms with Gasteiger partial charge in [0.2, 0.25) is 0 Å². The lowest BCUT2D eigenvalue weighted by atomic mass is 10.1. The summed E-state index contributed by atoms with van der Waals surface area (Å²) in [6, 6.07) is 14.4. The highest BCUT2D eigenvalue weighted by atomic mass is 79.9. The molecule has 0 atom stereocenters. The van der Waals surface area contributed by atoms with Gasteiger partial charge in [0.25, 0.3) is 0 Å². The number of ether oxygens (including phenoxy) is 1. The molecule has 2 heterocycles. The first-order chi connectivity index (χ1) is 15.5. The Bertz CT molecular complexity index is 1060. The second-order valence-corrected chi connectivity index (χ2v) is 9.11. The molecule has 4 rings (SSSR count). The number of nitrogens with one attached hydrogen (secondary N) is 2. The second-order valence-electron chi connectivity index (χ2n) is 7.82. The van der Waals surface area contributed by atoms with Gasteiger partial charge in [0.15, 0.2) is 0 Å². The zero-order valence-corrected chi connectivity index (χ0v) is 20.2. The maximum absolute atomic E-state index is 12.5. The normalized spacial score (nSPS) is 13.8. The summed E-state index contributed by atoms with van der Waals surface area (Å²) < 4.78 is 9.18. The third-order valence-electron chi connectivity index (χ3n) is 5.48. The quantitative estimate of drug-likeness (QED) is 0.391. The van der Waals surface area contributed by atoms with E-state index in [0.717, 1.165) is 41.1 Å². The van der Waals surface area contributed by atoms with Crippen LogP contribution in [0.1, 0.15) is 12.8 Å². The fourth-order valence-corrected chi connectivity index (χ4v) is 4.59. The Morgan fingerprint density at radius 3 is 2.44 bits per heavy atom. The number of hydrogen-bond donors (Lipinski definition) is 2. The predicted molar refractivity (Wildman–Crippen MR) is 134 cm³/mol. The van der Waals surface area contributed by atoms with Crippen LogP contribution in [0.3, 0.4) is 0 Å². The highest BCUT2D eigenvalue weighted by Crippen LogP contribution is 2.37. The molecule has 2 aromatic carbocycles. The number of carbonyl (C=O) groups is 1. The molecule has 0 unspecified atom stereocenters. The zero-order chi connectivity index (χ0) is 22.5. The third-order valence-corrected chi connectivity index (χ3v) is 6.37. The third kappa shape index (κ3) is 5.65. The van der Waals surface area contributed by atoms with Crippen molar-refractivity contribution in [2.75, 3.05) is 36.9 Å². The summed E-state index contributed by atoms with van der Waals surface area (Å²) >= 11 is 9.55. The molecule has 1 aliphatic rings. The molecular formula is C24H26BrClN4O2. The van der Waals surface area contributed by atoms with Crippen LogP contribution in [0, 0.1) is 0 Å². The molecule has 3 aromatic rings. The van der Waals surface area contributed by atoms with Gasteiger partial charge >= 0.3 is 6.03 Å².